The zero-order chi connectivity index (χ0) is 19.7. The molecule has 0 spiro atoms. The number of benzene rings is 1. The molecule has 1 saturated heterocycles. The van der Waals surface area contributed by atoms with E-state index < -0.39 is 11.7 Å². The number of aliphatic hydroxyl groups excluding tert-OH is 1. The van der Waals surface area contributed by atoms with Gasteiger partial charge in [-0.2, -0.15) is 13.2 Å². The van der Waals surface area contributed by atoms with Crippen LogP contribution in [0.25, 0.3) is 22.2 Å². The molecule has 1 aliphatic rings. The molecule has 0 saturated carbocycles. The fraction of sp³-hybridized carbons (Fsp3) is 0.316. The van der Waals surface area contributed by atoms with E-state index in [4.69, 9.17) is 0 Å². The van der Waals surface area contributed by atoms with E-state index >= 15 is 0 Å². The van der Waals surface area contributed by atoms with Crippen molar-refractivity contribution < 1.29 is 18.3 Å². The first-order chi connectivity index (χ1) is 13.5. The van der Waals surface area contributed by atoms with E-state index in [9.17, 15) is 18.3 Å². The molecule has 3 aromatic rings. The molecule has 2 atom stereocenters. The van der Waals surface area contributed by atoms with E-state index in [0.29, 0.717) is 41.1 Å². The smallest absolute Gasteiger partial charge is 0.396 e. The van der Waals surface area contributed by atoms with Gasteiger partial charge in [0.2, 0.25) is 0 Å². The summed E-state index contributed by atoms with van der Waals surface area (Å²) in [5, 5.41) is 25.1. The summed E-state index contributed by atoms with van der Waals surface area (Å²) in [6, 6.07) is 8.37. The lowest BCUT2D eigenvalue weighted by Crippen LogP contribution is -2.31. The van der Waals surface area contributed by atoms with Crippen molar-refractivity contribution in [3.63, 3.8) is 0 Å². The van der Waals surface area contributed by atoms with Gasteiger partial charge in [0, 0.05) is 48.8 Å². The van der Waals surface area contributed by atoms with Gasteiger partial charge in [-0.3, -0.25) is 4.98 Å². The summed E-state index contributed by atoms with van der Waals surface area (Å²) >= 11 is 0. The summed E-state index contributed by atoms with van der Waals surface area (Å²) in [5.74, 6) is 0.536. The van der Waals surface area contributed by atoms with E-state index in [-0.39, 0.29) is 18.6 Å². The number of anilines is 1. The lowest BCUT2D eigenvalue weighted by atomic mass is 10.0. The van der Waals surface area contributed by atoms with Gasteiger partial charge in [0.1, 0.15) is 11.2 Å². The van der Waals surface area contributed by atoms with Gasteiger partial charge in [0.05, 0.1) is 5.56 Å². The van der Waals surface area contributed by atoms with Crippen molar-refractivity contribution in [1.29, 1.82) is 0 Å². The monoisotopic (exact) mass is 389 g/mol. The van der Waals surface area contributed by atoms with Gasteiger partial charge in [-0.05, 0) is 24.3 Å². The number of aromatic nitrogens is 3. The van der Waals surface area contributed by atoms with Crippen molar-refractivity contribution in [3.8, 4) is 11.3 Å². The van der Waals surface area contributed by atoms with Crippen molar-refractivity contribution in [2.75, 3.05) is 25.0 Å². The summed E-state index contributed by atoms with van der Waals surface area (Å²) in [6.45, 7) is 1.44. The van der Waals surface area contributed by atoms with Gasteiger partial charge < -0.3 is 15.7 Å². The number of pyridine rings is 1. The third kappa shape index (κ3) is 3.50. The lowest BCUT2D eigenvalue weighted by molar-refractivity contribution is -0.137. The van der Waals surface area contributed by atoms with Gasteiger partial charge in [0.25, 0.3) is 0 Å². The van der Waals surface area contributed by atoms with Crippen LogP contribution in [-0.2, 0) is 6.18 Å². The fourth-order valence-electron chi connectivity index (χ4n) is 3.38. The van der Waals surface area contributed by atoms with E-state index in [1.807, 2.05) is 6.07 Å². The van der Waals surface area contributed by atoms with E-state index in [1.54, 1.807) is 12.3 Å². The van der Waals surface area contributed by atoms with Crippen LogP contribution in [-0.4, -0.2) is 46.0 Å². The maximum atomic E-state index is 12.8. The number of rotatable bonds is 4. The second-order valence-corrected chi connectivity index (χ2v) is 6.72. The average molecular weight is 389 g/mol. The summed E-state index contributed by atoms with van der Waals surface area (Å²) in [5.41, 5.74) is 0.858. The number of alkyl halides is 3. The SMILES string of the molecule is OC[C@@H]1CNC[C@H]1Nc1nnc(-c2ccc(C(F)(F)F)cc2)c2cccnc12. The highest BCUT2D eigenvalue weighted by Gasteiger charge is 2.30. The molecule has 0 aliphatic carbocycles. The topological polar surface area (TPSA) is 83.0 Å². The Bertz CT molecular complexity index is 977. The van der Waals surface area contributed by atoms with E-state index in [1.165, 1.54) is 12.1 Å². The van der Waals surface area contributed by atoms with Crippen molar-refractivity contribution in [2.24, 2.45) is 5.92 Å². The number of hydrogen-bond donors (Lipinski definition) is 3. The molecule has 6 nitrogen and oxygen atoms in total. The van der Waals surface area contributed by atoms with Crippen LogP contribution in [0.4, 0.5) is 19.0 Å². The second kappa shape index (κ2) is 7.33. The minimum atomic E-state index is -4.39. The molecule has 1 fully saturated rings. The Morgan fingerprint density at radius 2 is 1.89 bits per heavy atom. The van der Waals surface area contributed by atoms with E-state index in [0.717, 1.165) is 12.1 Å². The predicted molar refractivity (Wildman–Crippen MR) is 98.6 cm³/mol. The molecule has 1 aliphatic heterocycles. The molecule has 0 amide bonds. The van der Waals surface area contributed by atoms with Crippen molar-refractivity contribution >= 4 is 16.7 Å². The highest BCUT2D eigenvalue weighted by Crippen LogP contribution is 2.33. The van der Waals surface area contributed by atoms with Crippen molar-refractivity contribution in [2.45, 2.75) is 12.2 Å². The number of fused-ring (bicyclic) bond motifs is 1. The first-order valence-electron chi connectivity index (χ1n) is 8.84. The van der Waals surface area contributed by atoms with Gasteiger partial charge in [-0.25, -0.2) is 0 Å². The van der Waals surface area contributed by atoms with Gasteiger partial charge >= 0.3 is 6.18 Å². The summed E-state index contributed by atoms with van der Waals surface area (Å²) < 4.78 is 38.4. The number of nitrogens with zero attached hydrogens (tertiary/aromatic N) is 3. The van der Waals surface area contributed by atoms with Crippen LogP contribution >= 0.6 is 0 Å². The Kier molecular flexibility index (Phi) is 4.86. The highest BCUT2D eigenvalue weighted by molar-refractivity contribution is 5.97. The van der Waals surface area contributed by atoms with Crippen molar-refractivity contribution in [1.82, 2.24) is 20.5 Å². The average Bonchev–Trinajstić information content (AvgIpc) is 3.15. The van der Waals surface area contributed by atoms with Crippen LogP contribution in [0.15, 0.2) is 42.6 Å². The number of aliphatic hydroxyl groups is 1. The van der Waals surface area contributed by atoms with Crippen LogP contribution in [0.3, 0.4) is 0 Å². The molecule has 146 valence electrons. The van der Waals surface area contributed by atoms with Crippen LogP contribution < -0.4 is 10.6 Å². The van der Waals surface area contributed by atoms with Gasteiger partial charge in [-0.15, -0.1) is 10.2 Å². The zero-order valence-electron chi connectivity index (χ0n) is 14.7. The normalized spacial score (nSPS) is 19.9. The van der Waals surface area contributed by atoms with Crippen molar-refractivity contribution in [3.05, 3.63) is 48.2 Å². The van der Waals surface area contributed by atoms with Gasteiger partial charge in [-0.1, -0.05) is 12.1 Å². The first-order valence-corrected chi connectivity index (χ1v) is 8.84. The largest absolute Gasteiger partial charge is 0.416 e. The van der Waals surface area contributed by atoms with E-state index in [2.05, 4.69) is 25.8 Å². The summed E-state index contributed by atoms with van der Waals surface area (Å²) in [6.07, 6.45) is -2.76. The lowest BCUT2D eigenvalue weighted by Gasteiger charge is -2.19. The molecular formula is C19H18F3N5O. The molecule has 4 rings (SSSR count). The zero-order valence-corrected chi connectivity index (χ0v) is 14.7. The molecule has 0 unspecified atom stereocenters. The van der Waals surface area contributed by atoms with Gasteiger partial charge in [0.15, 0.2) is 5.82 Å². The molecule has 2 aromatic heterocycles. The molecule has 9 heteroatoms. The minimum absolute atomic E-state index is 0.0126. The Labute approximate surface area is 158 Å². The van der Waals surface area contributed by atoms with Crippen LogP contribution in [0.1, 0.15) is 5.56 Å². The molecular weight excluding hydrogens is 371 g/mol. The molecule has 3 heterocycles. The number of hydrogen-bond acceptors (Lipinski definition) is 6. The molecule has 0 bridgehead atoms. The Morgan fingerprint density at radius 3 is 2.61 bits per heavy atom. The Balaban J connectivity index is 1.72. The Hall–Kier alpha value is -2.78. The molecule has 28 heavy (non-hydrogen) atoms. The third-order valence-corrected chi connectivity index (χ3v) is 4.92. The maximum absolute atomic E-state index is 12.8. The predicted octanol–water partition coefficient (Wildman–Crippen LogP) is 2.70. The first kappa shape index (κ1) is 18.6. The molecule has 1 aromatic carbocycles. The quantitative estimate of drug-likeness (QED) is 0.637. The standard InChI is InChI=1S/C19H18F3N5O/c20-19(21,22)13-5-3-11(4-6-13)16-14-2-1-7-24-17(14)18(27-26-16)25-15-9-23-8-12(15)10-28/h1-7,12,15,23,28H,8-10H2,(H,25,27)/t12-,15+/m0/s1. The van der Waals surface area contributed by atoms with Crippen LogP contribution in [0.5, 0.6) is 0 Å². The molecule has 0 radical (unpaired) electrons. The summed E-state index contributed by atoms with van der Waals surface area (Å²) in [4.78, 5) is 4.39. The number of halogens is 3. The Morgan fingerprint density at radius 1 is 1.11 bits per heavy atom. The van der Waals surface area contributed by atoms with Crippen LogP contribution in [0, 0.1) is 5.92 Å². The number of nitrogens with one attached hydrogen (secondary N) is 2. The minimum Gasteiger partial charge on any atom is -0.396 e. The second-order valence-electron chi connectivity index (χ2n) is 6.72. The third-order valence-electron chi connectivity index (χ3n) is 4.92. The highest BCUT2D eigenvalue weighted by atomic mass is 19.4. The maximum Gasteiger partial charge on any atom is 0.416 e. The molecule has 3 N–H and O–H groups in total. The summed E-state index contributed by atoms with van der Waals surface area (Å²) in [7, 11) is 0. The fourth-order valence-corrected chi connectivity index (χ4v) is 3.38. The van der Waals surface area contributed by atoms with Crippen LogP contribution in [0.2, 0.25) is 0 Å².